The number of H-pyrrole nitrogens is 2. The van der Waals surface area contributed by atoms with E-state index in [0.29, 0.717) is 34.4 Å². The fourth-order valence-electron chi connectivity index (χ4n) is 3.72. The molecule has 0 aromatic carbocycles. The minimum atomic E-state index is -5.08. The van der Waals surface area contributed by atoms with Crippen molar-refractivity contribution >= 4 is 24.0 Å². The van der Waals surface area contributed by atoms with Crippen LogP contribution in [0, 0.1) is 13.8 Å². The zero-order valence-corrected chi connectivity index (χ0v) is 18.7. The molecule has 0 amide bonds. The molecule has 180 valence electrons. The van der Waals surface area contributed by atoms with E-state index < -0.39 is 29.6 Å². The first-order valence-electron chi connectivity index (χ1n) is 10.0. The van der Waals surface area contributed by atoms with Crippen LogP contribution in [0.2, 0.25) is 0 Å². The van der Waals surface area contributed by atoms with Crippen molar-refractivity contribution in [2.24, 2.45) is 0 Å². The summed E-state index contributed by atoms with van der Waals surface area (Å²) in [5, 5.41) is 0. The third kappa shape index (κ3) is 5.91. The average Bonchev–Trinajstić information content (AvgIpc) is 3.24. The molecule has 11 heteroatoms. The van der Waals surface area contributed by atoms with Gasteiger partial charge in [-0.1, -0.05) is 0 Å². The molecule has 0 radical (unpaired) electrons. The van der Waals surface area contributed by atoms with Gasteiger partial charge in [0.25, 0.3) is 5.78 Å². The Hall–Kier alpha value is -3.37. The summed E-state index contributed by atoms with van der Waals surface area (Å²) in [6.07, 6.45) is -4.22. The van der Waals surface area contributed by atoms with Crippen molar-refractivity contribution in [3.63, 3.8) is 0 Å². The van der Waals surface area contributed by atoms with Gasteiger partial charge < -0.3 is 19.4 Å². The normalized spacial score (nSPS) is 11.4. The van der Waals surface area contributed by atoms with Crippen LogP contribution in [0.25, 0.3) is 0 Å². The van der Waals surface area contributed by atoms with Crippen LogP contribution in [0.1, 0.15) is 67.5 Å². The lowest BCUT2D eigenvalue weighted by Gasteiger charge is -2.08. The van der Waals surface area contributed by atoms with Gasteiger partial charge in [0.05, 0.1) is 25.6 Å². The van der Waals surface area contributed by atoms with Gasteiger partial charge in [-0.3, -0.25) is 19.2 Å². The fraction of sp³-hybridized carbons (Fsp3) is 0.455. The zero-order chi connectivity index (χ0) is 24.9. The van der Waals surface area contributed by atoms with Crippen LogP contribution < -0.4 is 0 Å². The van der Waals surface area contributed by atoms with Crippen LogP contribution in [-0.4, -0.2) is 54.4 Å². The molecule has 2 aromatic rings. The highest BCUT2D eigenvalue weighted by atomic mass is 19.4. The first-order valence-corrected chi connectivity index (χ1v) is 10.0. The predicted molar refractivity (Wildman–Crippen MR) is 110 cm³/mol. The maximum Gasteiger partial charge on any atom is 0.456 e. The standard InChI is InChI=1S/C22H25F3N2O6/c1-11-13(5-7-18(29)32-3)15(26-17(11)10-28)9-16-14(6-8-19(30)33-4)12(2)20(27-16)21(31)22(23,24)25/h10,26-27H,5-9H2,1-4H3. The molecule has 2 N–H and O–H groups in total. The largest absolute Gasteiger partial charge is 0.469 e. The SMILES string of the molecule is COC(=O)CCc1c(Cc2[nH]c(C(=O)C(F)(F)F)c(C)c2CCC(=O)OC)[nH]c(C=O)c1C. The Morgan fingerprint density at radius 3 is 1.82 bits per heavy atom. The molecule has 2 rings (SSSR count). The van der Waals surface area contributed by atoms with Crippen molar-refractivity contribution in [3.05, 3.63) is 45.0 Å². The number of carbonyl (C=O) groups excluding carboxylic acids is 4. The van der Waals surface area contributed by atoms with Gasteiger partial charge in [0.1, 0.15) is 0 Å². The lowest BCUT2D eigenvalue weighted by atomic mass is 9.98. The number of rotatable bonds is 10. The maximum atomic E-state index is 13.1. The Kier molecular flexibility index (Phi) is 8.23. The maximum absolute atomic E-state index is 13.1. The summed E-state index contributed by atoms with van der Waals surface area (Å²) in [5.74, 6) is -3.03. The molecule has 0 fully saturated rings. The molecule has 0 aliphatic rings. The number of ketones is 1. The van der Waals surface area contributed by atoms with E-state index in [9.17, 15) is 32.3 Å². The molecule has 0 unspecified atom stereocenters. The quantitative estimate of drug-likeness (QED) is 0.312. The molecule has 0 saturated carbocycles. The first kappa shape index (κ1) is 25.9. The Morgan fingerprint density at radius 2 is 1.36 bits per heavy atom. The molecule has 0 atom stereocenters. The van der Waals surface area contributed by atoms with Crippen LogP contribution in [0.3, 0.4) is 0 Å². The smallest absolute Gasteiger partial charge is 0.456 e. The molecular formula is C22H25F3N2O6. The summed E-state index contributed by atoms with van der Waals surface area (Å²) in [6, 6.07) is 0. The zero-order valence-electron chi connectivity index (χ0n) is 18.7. The van der Waals surface area contributed by atoms with E-state index in [4.69, 9.17) is 0 Å². The molecule has 2 heterocycles. The second kappa shape index (κ2) is 10.5. The number of ether oxygens (including phenoxy) is 2. The lowest BCUT2D eigenvalue weighted by Crippen LogP contribution is -2.24. The van der Waals surface area contributed by atoms with Crippen molar-refractivity contribution in [2.75, 3.05) is 14.2 Å². The third-order valence-electron chi connectivity index (χ3n) is 5.54. The highest BCUT2D eigenvalue weighted by Crippen LogP contribution is 2.30. The van der Waals surface area contributed by atoms with Gasteiger partial charge >= 0.3 is 18.1 Å². The first-order chi connectivity index (χ1) is 15.4. The van der Waals surface area contributed by atoms with E-state index >= 15 is 0 Å². The summed E-state index contributed by atoms with van der Waals surface area (Å²) in [7, 11) is 2.45. The Morgan fingerprint density at radius 1 is 0.879 bits per heavy atom. The molecule has 2 aromatic heterocycles. The van der Waals surface area contributed by atoms with Crippen molar-refractivity contribution in [1.82, 2.24) is 9.97 Å². The van der Waals surface area contributed by atoms with Crippen LogP contribution >= 0.6 is 0 Å². The molecule has 0 bridgehead atoms. The average molecular weight is 470 g/mol. The van der Waals surface area contributed by atoms with E-state index in [-0.39, 0.29) is 43.4 Å². The molecule has 8 nitrogen and oxygen atoms in total. The van der Waals surface area contributed by atoms with Crippen molar-refractivity contribution in [2.45, 2.75) is 52.1 Å². The molecule has 33 heavy (non-hydrogen) atoms. The summed E-state index contributed by atoms with van der Waals surface area (Å²) in [4.78, 5) is 52.1. The van der Waals surface area contributed by atoms with Crippen LogP contribution in [0.4, 0.5) is 13.2 Å². The van der Waals surface area contributed by atoms with Gasteiger partial charge in [-0.05, 0) is 48.9 Å². The Labute approximate surface area is 187 Å². The second-order valence-electron chi connectivity index (χ2n) is 7.48. The lowest BCUT2D eigenvalue weighted by molar-refractivity contribution is -0.141. The number of aromatic nitrogens is 2. The number of hydrogen-bond donors (Lipinski definition) is 2. The van der Waals surface area contributed by atoms with Crippen molar-refractivity contribution in [3.8, 4) is 0 Å². The number of hydrogen-bond acceptors (Lipinski definition) is 6. The summed E-state index contributed by atoms with van der Waals surface area (Å²) in [6.45, 7) is 3.06. The molecular weight excluding hydrogens is 445 g/mol. The van der Waals surface area contributed by atoms with Gasteiger partial charge in [-0.25, -0.2) is 0 Å². The third-order valence-corrected chi connectivity index (χ3v) is 5.54. The molecule has 0 saturated heterocycles. The van der Waals surface area contributed by atoms with E-state index in [2.05, 4.69) is 19.4 Å². The van der Waals surface area contributed by atoms with Gasteiger partial charge in [-0.2, -0.15) is 13.2 Å². The molecule has 0 aliphatic carbocycles. The summed E-state index contributed by atoms with van der Waals surface area (Å²) < 4.78 is 48.5. The van der Waals surface area contributed by atoms with Crippen LogP contribution in [0.15, 0.2) is 0 Å². The van der Waals surface area contributed by atoms with Gasteiger partial charge in [0.2, 0.25) is 0 Å². The Balaban J connectivity index is 2.52. The van der Waals surface area contributed by atoms with Crippen molar-refractivity contribution < 1.29 is 41.8 Å². The number of halogens is 3. The van der Waals surface area contributed by atoms with E-state index in [0.717, 1.165) is 0 Å². The van der Waals surface area contributed by atoms with Crippen LogP contribution in [0.5, 0.6) is 0 Å². The Bertz CT molecular complexity index is 1070. The number of carbonyl (C=O) groups is 4. The van der Waals surface area contributed by atoms with E-state index in [1.165, 1.54) is 21.1 Å². The number of aldehydes is 1. The fourth-order valence-corrected chi connectivity index (χ4v) is 3.72. The summed E-state index contributed by atoms with van der Waals surface area (Å²) >= 11 is 0. The number of esters is 2. The van der Waals surface area contributed by atoms with Crippen LogP contribution in [-0.2, 0) is 38.3 Å². The number of methoxy groups -OCH3 is 2. The van der Waals surface area contributed by atoms with Gasteiger partial charge in [0.15, 0.2) is 6.29 Å². The number of Topliss-reactive ketones (excluding diaryl/α,β-unsaturated/α-hetero) is 1. The number of alkyl halides is 3. The highest BCUT2D eigenvalue weighted by Gasteiger charge is 2.41. The summed E-state index contributed by atoms with van der Waals surface area (Å²) in [5.41, 5.74) is 2.20. The minimum absolute atomic E-state index is 0.0215. The molecule has 0 spiro atoms. The minimum Gasteiger partial charge on any atom is -0.469 e. The highest BCUT2D eigenvalue weighted by molar-refractivity contribution is 6.00. The van der Waals surface area contributed by atoms with Crippen molar-refractivity contribution in [1.29, 1.82) is 0 Å². The topological polar surface area (TPSA) is 118 Å². The number of nitrogens with one attached hydrogen (secondary N) is 2. The predicted octanol–water partition coefficient (Wildman–Crippen LogP) is 3.32. The van der Waals surface area contributed by atoms with Gasteiger partial charge in [0, 0.05) is 30.7 Å². The van der Waals surface area contributed by atoms with E-state index in [1.54, 1.807) is 6.92 Å². The number of aromatic amines is 2. The second-order valence-corrected chi connectivity index (χ2v) is 7.48. The monoisotopic (exact) mass is 470 g/mol. The van der Waals surface area contributed by atoms with E-state index in [1.807, 2.05) is 0 Å². The molecule has 0 aliphatic heterocycles. The van der Waals surface area contributed by atoms with Gasteiger partial charge in [-0.15, -0.1) is 0 Å².